The van der Waals surface area contributed by atoms with Gasteiger partial charge < -0.3 is 9.26 Å². The molecule has 2 rings (SSSR count). The largest absolute Gasteiger partial charge is 0.462 e. The fraction of sp³-hybridized carbons (Fsp3) is 0.231. The minimum absolute atomic E-state index is 0.329. The third-order valence-electron chi connectivity index (χ3n) is 2.46. The average molecular weight is 357 g/mol. The number of esters is 1. The Kier molecular flexibility index (Phi) is 4.00. The number of hydrogen-bond donors (Lipinski definition) is 0. The van der Waals surface area contributed by atoms with Gasteiger partial charge in [-0.2, -0.15) is 0 Å². The summed E-state index contributed by atoms with van der Waals surface area (Å²) in [7, 11) is 0. The van der Waals surface area contributed by atoms with Gasteiger partial charge in [0.15, 0.2) is 0 Å². The van der Waals surface area contributed by atoms with Gasteiger partial charge in [-0.05, 0) is 48.6 Å². The zero-order valence-electron chi connectivity index (χ0n) is 10.1. The summed E-state index contributed by atoms with van der Waals surface area (Å²) in [6.07, 6.45) is 0. The van der Waals surface area contributed by atoms with E-state index in [1.54, 1.807) is 13.8 Å². The third kappa shape index (κ3) is 2.55. The molecule has 0 radical (unpaired) electrons. The van der Waals surface area contributed by atoms with Gasteiger partial charge in [-0.15, -0.1) is 0 Å². The fourth-order valence-electron chi connectivity index (χ4n) is 1.62. The lowest BCUT2D eigenvalue weighted by Crippen LogP contribution is -2.06. The van der Waals surface area contributed by atoms with Crippen molar-refractivity contribution < 1.29 is 14.1 Å². The highest BCUT2D eigenvalue weighted by molar-refractivity contribution is 14.1. The maximum absolute atomic E-state index is 11.9. The molecule has 4 nitrogen and oxygen atoms in total. The Morgan fingerprint density at radius 2 is 2.06 bits per heavy atom. The molecule has 0 fully saturated rings. The van der Waals surface area contributed by atoms with E-state index in [-0.39, 0.29) is 0 Å². The van der Waals surface area contributed by atoms with E-state index in [2.05, 4.69) is 27.7 Å². The number of hydrogen-bond acceptors (Lipinski definition) is 4. The number of benzene rings is 1. The molecule has 18 heavy (non-hydrogen) atoms. The molecule has 2 aromatic rings. The molecule has 0 amide bonds. The number of rotatable bonds is 3. The summed E-state index contributed by atoms with van der Waals surface area (Å²) in [4.78, 5) is 11.9. The van der Waals surface area contributed by atoms with E-state index < -0.39 is 5.97 Å². The quantitative estimate of drug-likeness (QED) is 0.624. The number of nitrogens with zero attached hydrogens (tertiary/aromatic N) is 1. The lowest BCUT2D eigenvalue weighted by Gasteiger charge is -2.02. The summed E-state index contributed by atoms with van der Waals surface area (Å²) in [6, 6.07) is 7.72. The predicted molar refractivity (Wildman–Crippen MR) is 75.3 cm³/mol. The van der Waals surface area contributed by atoms with Crippen molar-refractivity contribution in [2.45, 2.75) is 13.8 Å². The van der Waals surface area contributed by atoms with Crippen molar-refractivity contribution in [2.75, 3.05) is 6.61 Å². The molecule has 0 bridgehead atoms. The van der Waals surface area contributed by atoms with E-state index >= 15 is 0 Å². The van der Waals surface area contributed by atoms with Crippen LogP contribution < -0.4 is 0 Å². The first-order valence-corrected chi connectivity index (χ1v) is 6.60. The highest BCUT2D eigenvalue weighted by Gasteiger charge is 2.22. The molecule has 1 aromatic heterocycles. The first-order valence-electron chi connectivity index (χ1n) is 5.52. The van der Waals surface area contributed by atoms with Crippen molar-refractivity contribution in [3.63, 3.8) is 0 Å². The van der Waals surface area contributed by atoms with E-state index in [0.717, 1.165) is 9.13 Å². The van der Waals surface area contributed by atoms with Crippen LogP contribution in [0.25, 0.3) is 11.3 Å². The van der Waals surface area contributed by atoms with Crippen LogP contribution in [0.5, 0.6) is 0 Å². The normalized spacial score (nSPS) is 10.4. The van der Waals surface area contributed by atoms with Crippen LogP contribution >= 0.6 is 22.6 Å². The molecular weight excluding hydrogens is 345 g/mol. The molecule has 94 valence electrons. The third-order valence-corrected chi connectivity index (χ3v) is 3.18. The number of halogens is 1. The van der Waals surface area contributed by atoms with Crippen LogP contribution in [-0.2, 0) is 4.74 Å². The highest BCUT2D eigenvalue weighted by Crippen LogP contribution is 2.26. The van der Waals surface area contributed by atoms with Crippen LogP contribution in [0.2, 0.25) is 0 Å². The zero-order valence-corrected chi connectivity index (χ0v) is 12.2. The fourth-order valence-corrected chi connectivity index (χ4v) is 1.98. The van der Waals surface area contributed by atoms with Gasteiger partial charge in [-0.25, -0.2) is 4.79 Å². The van der Waals surface area contributed by atoms with Gasteiger partial charge in [0.2, 0.25) is 0 Å². The van der Waals surface area contributed by atoms with Gasteiger partial charge in [0.05, 0.1) is 6.61 Å². The summed E-state index contributed by atoms with van der Waals surface area (Å²) in [5.41, 5.74) is 1.77. The lowest BCUT2D eigenvalue weighted by atomic mass is 10.1. The summed E-state index contributed by atoms with van der Waals surface area (Å²) >= 11 is 2.22. The van der Waals surface area contributed by atoms with Crippen LogP contribution in [0.15, 0.2) is 28.8 Å². The van der Waals surface area contributed by atoms with Gasteiger partial charge in [0.1, 0.15) is 17.0 Å². The number of carbonyl (C=O) groups is 1. The Labute approximate surface area is 118 Å². The van der Waals surface area contributed by atoms with Crippen molar-refractivity contribution in [3.05, 3.63) is 39.2 Å². The smallest absolute Gasteiger partial charge is 0.344 e. The molecule has 0 saturated heterocycles. The molecular formula is C13H12INO3. The highest BCUT2D eigenvalue weighted by atomic mass is 127. The topological polar surface area (TPSA) is 52.3 Å². The Bertz CT molecular complexity index is 560. The predicted octanol–water partition coefficient (Wildman–Crippen LogP) is 3.43. The molecule has 0 aliphatic rings. The summed E-state index contributed by atoms with van der Waals surface area (Å²) in [5.74, 6) is 0.0757. The van der Waals surface area contributed by atoms with Gasteiger partial charge in [0.25, 0.3) is 0 Å². The number of carbonyl (C=O) groups excluding carboxylic acids is 1. The van der Waals surface area contributed by atoms with E-state index in [1.807, 2.05) is 24.3 Å². The van der Waals surface area contributed by atoms with Crippen molar-refractivity contribution in [2.24, 2.45) is 0 Å². The van der Waals surface area contributed by atoms with E-state index in [0.29, 0.717) is 23.6 Å². The van der Waals surface area contributed by atoms with Gasteiger partial charge in [-0.3, -0.25) is 0 Å². The van der Waals surface area contributed by atoms with Gasteiger partial charge in [0, 0.05) is 9.13 Å². The van der Waals surface area contributed by atoms with Crippen molar-refractivity contribution in [1.29, 1.82) is 0 Å². The standard InChI is InChI=1S/C13H12INO3/c1-3-17-13(16)11-8(2)18-15-12(11)9-4-6-10(14)7-5-9/h4-7H,3H2,1-2H3. The minimum atomic E-state index is -0.398. The molecule has 0 N–H and O–H groups in total. The van der Waals surface area contributed by atoms with Crippen LogP contribution in [0, 0.1) is 10.5 Å². The van der Waals surface area contributed by atoms with E-state index in [9.17, 15) is 4.79 Å². The molecule has 5 heteroatoms. The molecule has 1 aromatic carbocycles. The monoisotopic (exact) mass is 357 g/mol. The van der Waals surface area contributed by atoms with Crippen molar-refractivity contribution >= 4 is 28.6 Å². The second-order valence-electron chi connectivity index (χ2n) is 3.69. The number of aryl methyl sites for hydroxylation is 1. The van der Waals surface area contributed by atoms with Crippen LogP contribution in [0.1, 0.15) is 23.0 Å². The maximum Gasteiger partial charge on any atom is 0.344 e. The van der Waals surface area contributed by atoms with Crippen LogP contribution in [-0.4, -0.2) is 17.7 Å². The van der Waals surface area contributed by atoms with Gasteiger partial charge >= 0.3 is 5.97 Å². The minimum Gasteiger partial charge on any atom is -0.462 e. The molecule has 0 saturated carbocycles. The molecule has 0 aliphatic carbocycles. The number of ether oxygens (including phenoxy) is 1. The van der Waals surface area contributed by atoms with Crippen LogP contribution in [0.3, 0.4) is 0 Å². The first kappa shape index (κ1) is 13.1. The van der Waals surface area contributed by atoms with Crippen molar-refractivity contribution in [3.8, 4) is 11.3 Å². The summed E-state index contributed by atoms with van der Waals surface area (Å²) in [5, 5.41) is 3.94. The van der Waals surface area contributed by atoms with Crippen molar-refractivity contribution in [1.82, 2.24) is 5.16 Å². The molecule has 0 spiro atoms. The van der Waals surface area contributed by atoms with E-state index in [4.69, 9.17) is 9.26 Å². The lowest BCUT2D eigenvalue weighted by molar-refractivity contribution is 0.0525. The zero-order chi connectivity index (χ0) is 13.1. The second kappa shape index (κ2) is 5.51. The van der Waals surface area contributed by atoms with Crippen LogP contribution in [0.4, 0.5) is 0 Å². The molecule has 0 unspecified atom stereocenters. The molecule has 0 aliphatic heterocycles. The van der Waals surface area contributed by atoms with Gasteiger partial charge in [-0.1, -0.05) is 17.3 Å². The molecule has 1 heterocycles. The Balaban J connectivity index is 2.45. The average Bonchev–Trinajstić information content (AvgIpc) is 2.72. The summed E-state index contributed by atoms with van der Waals surface area (Å²) < 4.78 is 11.2. The SMILES string of the molecule is CCOC(=O)c1c(-c2ccc(I)cc2)noc1C. The second-order valence-corrected chi connectivity index (χ2v) is 4.94. The number of aromatic nitrogens is 1. The van der Waals surface area contributed by atoms with E-state index in [1.165, 1.54) is 0 Å². The summed E-state index contributed by atoms with van der Waals surface area (Å²) in [6.45, 7) is 3.80. The maximum atomic E-state index is 11.9. The Morgan fingerprint density at radius 1 is 1.39 bits per heavy atom. The Morgan fingerprint density at radius 3 is 2.67 bits per heavy atom. The first-order chi connectivity index (χ1) is 8.63. The Hall–Kier alpha value is -1.37. The molecule has 0 atom stereocenters.